The van der Waals surface area contributed by atoms with Gasteiger partial charge in [-0.05, 0) is 20.8 Å². The Balaban J connectivity index is 2.53. The molecule has 0 aromatic carbocycles. The molecule has 18 heavy (non-hydrogen) atoms. The van der Waals surface area contributed by atoms with Gasteiger partial charge in [-0.2, -0.15) is 0 Å². The Morgan fingerprint density at radius 3 is 2.67 bits per heavy atom. The van der Waals surface area contributed by atoms with Crippen LogP contribution in [-0.2, 0) is 9.53 Å². The molecule has 0 aromatic rings. The summed E-state index contributed by atoms with van der Waals surface area (Å²) in [7, 11) is 0. The van der Waals surface area contributed by atoms with Crippen LogP contribution in [0.5, 0.6) is 0 Å². The van der Waals surface area contributed by atoms with Crippen LogP contribution >= 0.6 is 0 Å². The molecule has 0 aromatic heterocycles. The van der Waals surface area contributed by atoms with E-state index >= 15 is 0 Å². The van der Waals surface area contributed by atoms with E-state index in [1.807, 2.05) is 0 Å². The molecule has 1 rings (SSSR count). The summed E-state index contributed by atoms with van der Waals surface area (Å²) >= 11 is 0. The Hall–Kier alpha value is -1.92. The van der Waals surface area contributed by atoms with E-state index < -0.39 is 23.7 Å². The third-order valence-electron chi connectivity index (χ3n) is 2.02. The minimum absolute atomic E-state index is 0.120. The van der Waals surface area contributed by atoms with E-state index in [0.29, 0.717) is 12.3 Å². The molecule has 7 heteroatoms. The van der Waals surface area contributed by atoms with Gasteiger partial charge in [-0.1, -0.05) is 0 Å². The number of nitrogens with zero attached hydrogens (tertiary/aromatic N) is 2. The summed E-state index contributed by atoms with van der Waals surface area (Å²) in [6.45, 7) is 5.49. The lowest BCUT2D eigenvalue weighted by molar-refractivity contribution is -0.139. The summed E-state index contributed by atoms with van der Waals surface area (Å²) in [5, 5.41) is 11.3. The lowest BCUT2D eigenvalue weighted by atomic mass is 10.1. The first kappa shape index (κ1) is 14.1. The highest BCUT2D eigenvalue weighted by molar-refractivity contribution is 5.99. The van der Waals surface area contributed by atoms with Gasteiger partial charge in [-0.3, -0.25) is 4.99 Å². The summed E-state index contributed by atoms with van der Waals surface area (Å²) in [5.74, 6) is -1.13. The predicted molar refractivity (Wildman–Crippen MR) is 66.2 cm³/mol. The summed E-state index contributed by atoms with van der Waals surface area (Å²) in [5.41, 5.74) is -0.0420. The van der Waals surface area contributed by atoms with Gasteiger partial charge in [-0.15, -0.1) is 0 Å². The number of carbonyl (C=O) groups is 2. The first-order valence-corrected chi connectivity index (χ1v) is 5.54. The lowest BCUT2D eigenvalue weighted by Gasteiger charge is -2.21. The second-order valence-electron chi connectivity index (χ2n) is 4.89. The minimum atomic E-state index is -1.13. The molecule has 0 aliphatic carbocycles. The molecule has 0 saturated carbocycles. The average Bonchev–Trinajstić information content (AvgIpc) is 2.66. The van der Waals surface area contributed by atoms with Gasteiger partial charge in [0.05, 0.1) is 6.54 Å². The van der Waals surface area contributed by atoms with E-state index in [4.69, 9.17) is 9.84 Å². The van der Waals surface area contributed by atoms with E-state index in [9.17, 15) is 9.59 Å². The molecule has 1 atom stereocenters. The van der Waals surface area contributed by atoms with Gasteiger partial charge in [0, 0.05) is 12.1 Å². The molecule has 7 nitrogen and oxygen atoms in total. The Morgan fingerprint density at radius 1 is 1.56 bits per heavy atom. The monoisotopic (exact) mass is 255 g/mol. The van der Waals surface area contributed by atoms with Crippen LogP contribution in [0.2, 0.25) is 0 Å². The molecular formula is C11H17N3O4. The summed E-state index contributed by atoms with van der Waals surface area (Å²) in [4.78, 5) is 30.3. The van der Waals surface area contributed by atoms with Crippen LogP contribution < -0.4 is 5.32 Å². The summed E-state index contributed by atoms with van der Waals surface area (Å²) in [6.07, 6.45) is 0.741. The number of nitrogens with one attached hydrogen (secondary N) is 1. The molecule has 1 aliphatic heterocycles. The van der Waals surface area contributed by atoms with Crippen molar-refractivity contribution in [2.75, 3.05) is 6.54 Å². The maximum atomic E-state index is 11.5. The number of amides is 1. The highest BCUT2D eigenvalue weighted by Gasteiger charge is 2.25. The molecule has 0 saturated heterocycles. The number of aliphatic imine (C=N–C) groups is 2. The van der Waals surface area contributed by atoms with Crippen molar-refractivity contribution < 1.29 is 19.4 Å². The number of hydrogen-bond donors (Lipinski definition) is 2. The Kier molecular flexibility index (Phi) is 4.41. The van der Waals surface area contributed by atoms with Crippen molar-refractivity contribution in [2.24, 2.45) is 9.98 Å². The smallest absolute Gasteiger partial charge is 0.408 e. The number of rotatable bonds is 4. The van der Waals surface area contributed by atoms with Gasteiger partial charge < -0.3 is 15.2 Å². The number of ether oxygens (including phenoxy) is 1. The van der Waals surface area contributed by atoms with Crippen LogP contribution in [0, 0.1) is 0 Å². The van der Waals surface area contributed by atoms with Crippen LogP contribution in [0.1, 0.15) is 27.2 Å². The SMILES string of the molecule is CC(C)(C)OC(=O)N[C@H](CC1=NC=NC1)C(=O)O. The zero-order valence-corrected chi connectivity index (χ0v) is 10.6. The number of carboxylic acid groups (broad SMARTS) is 1. The second-order valence-corrected chi connectivity index (χ2v) is 4.89. The number of aliphatic carboxylic acids is 1. The Bertz CT molecular complexity index is 396. The molecule has 0 unspecified atom stereocenters. The van der Waals surface area contributed by atoms with E-state index in [1.54, 1.807) is 20.8 Å². The largest absolute Gasteiger partial charge is 0.480 e. The average molecular weight is 255 g/mol. The number of hydrogen-bond acceptors (Lipinski definition) is 5. The molecule has 1 amide bonds. The molecule has 0 radical (unpaired) electrons. The van der Waals surface area contributed by atoms with Crippen LogP contribution in [0.3, 0.4) is 0 Å². The molecule has 100 valence electrons. The van der Waals surface area contributed by atoms with Crippen molar-refractivity contribution in [1.82, 2.24) is 5.32 Å². The van der Waals surface area contributed by atoms with Crippen LogP contribution in [0.4, 0.5) is 4.79 Å². The highest BCUT2D eigenvalue weighted by Crippen LogP contribution is 2.08. The third kappa shape index (κ3) is 4.94. The Labute approximate surface area is 105 Å². The number of carboxylic acids is 1. The van der Waals surface area contributed by atoms with Crippen molar-refractivity contribution in [3.63, 3.8) is 0 Å². The van der Waals surface area contributed by atoms with Gasteiger partial charge >= 0.3 is 12.1 Å². The van der Waals surface area contributed by atoms with E-state index in [-0.39, 0.29) is 6.42 Å². The van der Waals surface area contributed by atoms with Crippen molar-refractivity contribution in [3.8, 4) is 0 Å². The van der Waals surface area contributed by atoms with Gasteiger partial charge in [0.1, 0.15) is 18.0 Å². The van der Waals surface area contributed by atoms with Gasteiger partial charge in [0.25, 0.3) is 0 Å². The highest BCUT2D eigenvalue weighted by atomic mass is 16.6. The fourth-order valence-electron chi connectivity index (χ4n) is 1.31. The first-order valence-electron chi connectivity index (χ1n) is 5.54. The van der Waals surface area contributed by atoms with E-state index in [1.165, 1.54) is 6.34 Å². The summed E-state index contributed by atoms with van der Waals surface area (Å²) < 4.78 is 5.00. The number of carbonyl (C=O) groups excluding carboxylic acids is 1. The molecule has 0 fully saturated rings. The van der Waals surface area contributed by atoms with E-state index in [2.05, 4.69) is 15.3 Å². The molecule has 0 spiro atoms. The zero-order valence-electron chi connectivity index (χ0n) is 10.6. The predicted octanol–water partition coefficient (Wildman–Crippen LogP) is 0.837. The normalized spacial score (nSPS) is 16.1. The first-order chi connectivity index (χ1) is 8.28. The topological polar surface area (TPSA) is 100 Å². The maximum Gasteiger partial charge on any atom is 0.408 e. The van der Waals surface area contributed by atoms with Crippen LogP contribution in [-0.4, -0.2) is 47.4 Å². The van der Waals surface area contributed by atoms with Crippen molar-refractivity contribution >= 4 is 24.1 Å². The lowest BCUT2D eigenvalue weighted by Crippen LogP contribution is -2.44. The third-order valence-corrected chi connectivity index (χ3v) is 2.02. The van der Waals surface area contributed by atoms with Gasteiger partial charge in [0.15, 0.2) is 0 Å². The second kappa shape index (κ2) is 5.61. The van der Waals surface area contributed by atoms with Crippen molar-refractivity contribution in [3.05, 3.63) is 0 Å². The van der Waals surface area contributed by atoms with Crippen molar-refractivity contribution in [2.45, 2.75) is 38.8 Å². The van der Waals surface area contributed by atoms with E-state index in [0.717, 1.165) is 0 Å². The zero-order chi connectivity index (χ0) is 13.8. The van der Waals surface area contributed by atoms with Gasteiger partial charge in [-0.25, -0.2) is 14.6 Å². The number of alkyl carbamates (subject to hydrolysis) is 1. The minimum Gasteiger partial charge on any atom is -0.480 e. The molecular weight excluding hydrogens is 238 g/mol. The van der Waals surface area contributed by atoms with Crippen LogP contribution in [0.25, 0.3) is 0 Å². The summed E-state index contributed by atoms with van der Waals surface area (Å²) in [6, 6.07) is -1.06. The van der Waals surface area contributed by atoms with Gasteiger partial charge in [0.2, 0.25) is 0 Å². The molecule has 0 bridgehead atoms. The standard InChI is InChI=1S/C11H17N3O4/c1-11(2,3)18-10(17)14-8(9(15)16)4-7-5-12-6-13-7/h6,8H,4-5H2,1-3H3,(H,14,17)(H,15,16)/t8-/m1/s1. The quantitative estimate of drug-likeness (QED) is 0.777. The molecule has 2 N–H and O–H groups in total. The fourth-order valence-corrected chi connectivity index (χ4v) is 1.31. The Morgan fingerprint density at radius 2 is 2.22 bits per heavy atom. The molecule has 1 heterocycles. The fraction of sp³-hybridized carbons (Fsp3) is 0.636. The van der Waals surface area contributed by atoms with Crippen molar-refractivity contribution in [1.29, 1.82) is 0 Å². The maximum absolute atomic E-state index is 11.5. The van der Waals surface area contributed by atoms with Crippen LogP contribution in [0.15, 0.2) is 9.98 Å². The molecule has 1 aliphatic rings.